The summed E-state index contributed by atoms with van der Waals surface area (Å²) in [5, 5.41) is 19.7. The molecule has 3 aromatic rings. The first-order chi connectivity index (χ1) is 11.1. The van der Waals surface area contributed by atoms with Gasteiger partial charge in [-0.25, -0.2) is 0 Å². The van der Waals surface area contributed by atoms with Crippen molar-refractivity contribution in [2.45, 2.75) is 17.8 Å². The Morgan fingerprint density at radius 2 is 2.04 bits per heavy atom. The fraction of sp³-hybridized carbons (Fsp3) is 0.125. The third kappa shape index (κ3) is 3.40. The minimum Gasteiger partial charge on any atom is -0.276 e. The number of benzene rings is 2. The summed E-state index contributed by atoms with van der Waals surface area (Å²) in [4.78, 5) is 10.5. The van der Waals surface area contributed by atoms with E-state index in [1.54, 1.807) is 18.5 Å². The van der Waals surface area contributed by atoms with Crippen LogP contribution < -0.4 is 0 Å². The highest BCUT2D eigenvalue weighted by molar-refractivity contribution is 7.98. The fourth-order valence-corrected chi connectivity index (χ4v) is 3.09. The number of nitrogens with zero attached hydrogens (tertiary/aromatic N) is 4. The molecule has 0 atom stereocenters. The zero-order valence-electron chi connectivity index (χ0n) is 12.4. The van der Waals surface area contributed by atoms with Crippen molar-refractivity contribution in [1.29, 1.82) is 0 Å². The Labute approximate surface area is 137 Å². The van der Waals surface area contributed by atoms with Crippen molar-refractivity contribution in [3.8, 4) is 5.69 Å². The van der Waals surface area contributed by atoms with Gasteiger partial charge in [-0.2, -0.15) is 0 Å². The molecule has 23 heavy (non-hydrogen) atoms. The summed E-state index contributed by atoms with van der Waals surface area (Å²) < 4.78 is 1.93. The fourth-order valence-electron chi connectivity index (χ4n) is 2.23. The lowest BCUT2D eigenvalue weighted by Crippen LogP contribution is -1.98. The Kier molecular flexibility index (Phi) is 4.38. The lowest BCUT2D eigenvalue weighted by molar-refractivity contribution is -0.384. The highest BCUT2D eigenvalue weighted by Gasteiger charge is 2.11. The number of thioether (sulfide) groups is 1. The van der Waals surface area contributed by atoms with Crippen LogP contribution in [0.5, 0.6) is 0 Å². The van der Waals surface area contributed by atoms with Crippen molar-refractivity contribution in [2.75, 3.05) is 0 Å². The van der Waals surface area contributed by atoms with E-state index in [1.165, 1.54) is 17.8 Å². The maximum absolute atomic E-state index is 10.8. The van der Waals surface area contributed by atoms with Crippen molar-refractivity contribution in [3.63, 3.8) is 0 Å². The van der Waals surface area contributed by atoms with Crippen LogP contribution in [0.3, 0.4) is 0 Å². The van der Waals surface area contributed by atoms with Gasteiger partial charge in [0.2, 0.25) is 0 Å². The molecule has 0 fully saturated rings. The molecular formula is C16H14N4O2S. The largest absolute Gasteiger partial charge is 0.276 e. The first-order valence-corrected chi connectivity index (χ1v) is 7.96. The Balaban J connectivity index is 1.80. The molecule has 0 amide bonds. The second kappa shape index (κ2) is 6.62. The zero-order chi connectivity index (χ0) is 16.2. The van der Waals surface area contributed by atoms with Crippen LogP contribution in [0, 0.1) is 17.0 Å². The maximum Gasteiger partial charge on any atom is 0.269 e. The minimum absolute atomic E-state index is 0.100. The topological polar surface area (TPSA) is 73.8 Å². The minimum atomic E-state index is -0.385. The molecule has 0 saturated heterocycles. The summed E-state index contributed by atoms with van der Waals surface area (Å²) in [7, 11) is 0. The Morgan fingerprint density at radius 1 is 1.22 bits per heavy atom. The van der Waals surface area contributed by atoms with Gasteiger partial charge >= 0.3 is 0 Å². The number of rotatable bonds is 5. The summed E-state index contributed by atoms with van der Waals surface area (Å²) in [5.74, 6) is 0.590. The summed E-state index contributed by atoms with van der Waals surface area (Å²) in [6.45, 7) is 2.03. The third-order valence-electron chi connectivity index (χ3n) is 3.38. The van der Waals surface area contributed by atoms with Gasteiger partial charge in [0.05, 0.1) is 10.6 Å². The normalized spacial score (nSPS) is 10.7. The van der Waals surface area contributed by atoms with Gasteiger partial charge in [-0.1, -0.05) is 42.1 Å². The monoisotopic (exact) mass is 326 g/mol. The van der Waals surface area contributed by atoms with E-state index in [-0.39, 0.29) is 10.6 Å². The molecular weight excluding hydrogens is 312 g/mol. The van der Waals surface area contributed by atoms with E-state index in [0.717, 1.165) is 22.0 Å². The average Bonchev–Trinajstić information content (AvgIpc) is 3.02. The van der Waals surface area contributed by atoms with Crippen molar-refractivity contribution in [1.82, 2.24) is 14.8 Å². The van der Waals surface area contributed by atoms with Crippen LogP contribution in [-0.4, -0.2) is 19.7 Å². The molecule has 1 heterocycles. The Hall–Kier alpha value is -2.67. The van der Waals surface area contributed by atoms with E-state index in [4.69, 9.17) is 0 Å². The van der Waals surface area contributed by atoms with E-state index in [2.05, 4.69) is 10.2 Å². The second-order valence-electron chi connectivity index (χ2n) is 4.99. The first-order valence-electron chi connectivity index (χ1n) is 6.97. The summed E-state index contributed by atoms with van der Waals surface area (Å²) >= 11 is 1.50. The molecule has 0 radical (unpaired) electrons. The maximum atomic E-state index is 10.8. The van der Waals surface area contributed by atoms with Crippen LogP contribution in [-0.2, 0) is 5.75 Å². The van der Waals surface area contributed by atoms with E-state index >= 15 is 0 Å². The number of hydrogen-bond acceptors (Lipinski definition) is 5. The van der Waals surface area contributed by atoms with Crippen molar-refractivity contribution < 1.29 is 4.92 Å². The van der Waals surface area contributed by atoms with Gasteiger partial charge in [-0.3, -0.25) is 14.7 Å². The lowest BCUT2D eigenvalue weighted by atomic mass is 10.2. The van der Waals surface area contributed by atoms with E-state index in [9.17, 15) is 10.1 Å². The molecule has 0 saturated carbocycles. The zero-order valence-corrected chi connectivity index (χ0v) is 13.2. The van der Waals surface area contributed by atoms with Gasteiger partial charge in [-0.15, -0.1) is 10.2 Å². The van der Waals surface area contributed by atoms with Gasteiger partial charge in [-0.05, 0) is 24.1 Å². The Morgan fingerprint density at radius 3 is 2.83 bits per heavy atom. The van der Waals surface area contributed by atoms with Gasteiger partial charge in [0.15, 0.2) is 5.16 Å². The van der Waals surface area contributed by atoms with Crippen LogP contribution in [0.1, 0.15) is 11.1 Å². The molecule has 1 aromatic heterocycles. The van der Waals surface area contributed by atoms with Crippen molar-refractivity contribution in [3.05, 3.63) is 76.1 Å². The molecule has 116 valence electrons. The molecule has 0 aliphatic rings. The molecule has 7 heteroatoms. The van der Waals surface area contributed by atoms with Gasteiger partial charge < -0.3 is 0 Å². The number of aryl methyl sites for hydroxylation is 1. The van der Waals surface area contributed by atoms with Crippen molar-refractivity contribution in [2.24, 2.45) is 0 Å². The van der Waals surface area contributed by atoms with Gasteiger partial charge in [0.25, 0.3) is 5.69 Å². The highest BCUT2D eigenvalue weighted by Crippen LogP contribution is 2.26. The standard InChI is InChI=1S/C16H14N4O2S/c1-12-5-2-3-8-15(12)19-11-17-18-16(19)23-10-13-6-4-7-14(9-13)20(21)22/h2-9,11H,10H2,1H3. The second-order valence-corrected chi connectivity index (χ2v) is 5.93. The summed E-state index contributed by atoms with van der Waals surface area (Å²) in [5.41, 5.74) is 3.13. The predicted octanol–water partition coefficient (Wildman–Crippen LogP) is 3.78. The summed E-state index contributed by atoms with van der Waals surface area (Å²) in [6, 6.07) is 14.6. The average molecular weight is 326 g/mol. The van der Waals surface area contributed by atoms with E-state index in [0.29, 0.717) is 5.75 Å². The van der Waals surface area contributed by atoms with Crippen LogP contribution in [0.2, 0.25) is 0 Å². The molecule has 0 bridgehead atoms. The van der Waals surface area contributed by atoms with Crippen LogP contribution in [0.15, 0.2) is 60.0 Å². The van der Waals surface area contributed by atoms with Gasteiger partial charge in [0.1, 0.15) is 6.33 Å². The molecule has 0 unspecified atom stereocenters. The van der Waals surface area contributed by atoms with Crippen LogP contribution in [0.4, 0.5) is 5.69 Å². The molecule has 0 aliphatic carbocycles. The number of nitro groups is 1. The van der Waals surface area contributed by atoms with Crippen LogP contribution in [0.25, 0.3) is 5.69 Å². The van der Waals surface area contributed by atoms with Gasteiger partial charge in [0, 0.05) is 17.9 Å². The van der Waals surface area contributed by atoms with Crippen molar-refractivity contribution >= 4 is 17.4 Å². The highest BCUT2D eigenvalue weighted by atomic mass is 32.2. The Bertz CT molecular complexity index is 847. The quantitative estimate of drug-likeness (QED) is 0.405. The smallest absolute Gasteiger partial charge is 0.269 e. The molecule has 3 rings (SSSR count). The predicted molar refractivity (Wildman–Crippen MR) is 88.8 cm³/mol. The molecule has 6 nitrogen and oxygen atoms in total. The number of hydrogen-bond donors (Lipinski definition) is 0. The number of aromatic nitrogens is 3. The molecule has 0 aliphatic heterocycles. The summed E-state index contributed by atoms with van der Waals surface area (Å²) in [6.07, 6.45) is 1.68. The molecule has 0 spiro atoms. The number of para-hydroxylation sites is 1. The number of non-ortho nitro benzene ring substituents is 1. The van der Waals surface area contributed by atoms with E-state index in [1.807, 2.05) is 41.8 Å². The van der Waals surface area contributed by atoms with Crippen LogP contribution >= 0.6 is 11.8 Å². The SMILES string of the molecule is Cc1ccccc1-n1cnnc1SCc1cccc([N+](=O)[O-])c1. The molecule has 0 N–H and O–H groups in total. The number of nitro benzene ring substituents is 1. The van der Waals surface area contributed by atoms with E-state index < -0.39 is 0 Å². The third-order valence-corrected chi connectivity index (χ3v) is 4.39. The first kappa shape index (κ1) is 15.2. The lowest BCUT2D eigenvalue weighted by Gasteiger charge is -2.09. The molecule has 2 aromatic carbocycles.